The highest BCUT2D eigenvalue weighted by atomic mass is 14.9. The Morgan fingerprint density at radius 1 is 1.00 bits per heavy atom. The molecule has 0 spiro atoms. The Bertz CT molecular complexity index is 531. The van der Waals surface area contributed by atoms with Crippen molar-refractivity contribution in [1.29, 1.82) is 0 Å². The van der Waals surface area contributed by atoms with Crippen molar-refractivity contribution >= 4 is 0 Å². The van der Waals surface area contributed by atoms with Crippen molar-refractivity contribution in [2.75, 3.05) is 6.54 Å². The van der Waals surface area contributed by atoms with Crippen molar-refractivity contribution in [2.45, 2.75) is 33.2 Å². The summed E-state index contributed by atoms with van der Waals surface area (Å²) in [6.45, 7) is 7.63. The average molecular weight is 253 g/mol. The Labute approximate surface area is 116 Å². The van der Waals surface area contributed by atoms with Gasteiger partial charge in [-0.25, -0.2) is 0 Å². The van der Waals surface area contributed by atoms with E-state index in [0.717, 1.165) is 6.54 Å². The molecular weight excluding hydrogens is 230 g/mol. The number of hydrogen-bond donors (Lipinski definition) is 1. The number of hydrogen-bond acceptors (Lipinski definition) is 1. The van der Waals surface area contributed by atoms with Crippen LogP contribution in [0.5, 0.6) is 0 Å². The molecular formula is C18H23N. The fourth-order valence-electron chi connectivity index (χ4n) is 2.29. The van der Waals surface area contributed by atoms with E-state index in [2.05, 4.69) is 74.6 Å². The van der Waals surface area contributed by atoms with Crippen LogP contribution < -0.4 is 5.32 Å². The molecule has 2 rings (SSSR count). The zero-order valence-corrected chi connectivity index (χ0v) is 12.1. The molecule has 0 bridgehead atoms. The van der Waals surface area contributed by atoms with Gasteiger partial charge < -0.3 is 5.32 Å². The third-order valence-electron chi connectivity index (χ3n) is 3.44. The van der Waals surface area contributed by atoms with Crippen molar-refractivity contribution in [2.24, 2.45) is 0 Å². The summed E-state index contributed by atoms with van der Waals surface area (Å²) in [7, 11) is 0. The number of aryl methyl sites for hydroxylation is 1. The van der Waals surface area contributed by atoms with Crippen molar-refractivity contribution in [3.05, 3.63) is 59.7 Å². The van der Waals surface area contributed by atoms with Gasteiger partial charge in [0.2, 0.25) is 0 Å². The molecule has 0 aliphatic heterocycles. The van der Waals surface area contributed by atoms with Crippen LogP contribution in [0.1, 0.15) is 37.4 Å². The van der Waals surface area contributed by atoms with Gasteiger partial charge in [-0.05, 0) is 49.6 Å². The van der Waals surface area contributed by atoms with Gasteiger partial charge in [0.25, 0.3) is 0 Å². The predicted octanol–water partition coefficient (Wildman–Crippen LogP) is 4.72. The smallest absolute Gasteiger partial charge is 0.0292 e. The summed E-state index contributed by atoms with van der Waals surface area (Å²) in [6, 6.07) is 17.9. The third kappa shape index (κ3) is 3.68. The minimum atomic E-state index is 0.407. The molecule has 19 heavy (non-hydrogen) atoms. The van der Waals surface area contributed by atoms with Gasteiger partial charge in [0.1, 0.15) is 0 Å². The van der Waals surface area contributed by atoms with Crippen LogP contribution >= 0.6 is 0 Å². The lowest BCUT2D eigenvalue weighted by molar-refractivity contribution is 0.571. The first-order valence-corrected chi connectivity index (χ1v) is 7.11. The van der Waals surface area contributed by atoms with E-state index in [0.29, 0.717) is 6.04 Å². The van der Waals surface area contributed by atoms with E-state index < -0.39 is 0 Å². The highest BCUT2D eigenvalue weighted by molar-refractivity contribution is 5.65. The molecule has 0 saturated carbocycles. The van der Waals surface area contributed by atoms with Gasteiger partial charge in [-0.15, -0.1) is 0 Å². The van der Waals surface area contributed by atoms with E-state index in [1.807, 2.05) is 0 Å². The molecule has 0 aromatic heterocycles. The summed E-state index contributed by atoms with van der Waals surface area (Å²) >= 11 is 0. The lowest BCUT2D eigenvalue weighted by atomic mass is 9.99. The first kappa shape index (κ1) is 13.8. The van der Waals surface area contributed by atoms with E-state index in [-0.39, 0.29) is 0 Å². The van der Waals surface area contributed by atoms with E-state index in [1.165, 1.54) is 28.7 Å². The molecule has 1 atom stereocenters. The monoisotopic (exact) mass is 253 g/mol. The molecule has 0 saturated heterocycles. The first-order valence-electron chi connectivity index (χ1n) is 7.11. The second kappa shape index (κ2) is 6.53. The Balaban J connectivity index is 2.24. The van der Waals surface area contributed by atoms with Gasteiger partial charge in [-0.1, -0.05) is 55.0 Å². The molecule has 2 aromatic carbocycles. The summed E-state index contributed by atoms with van der Waals surface area (Å²) in [5.74, 6) is 0. The molecule has 0 amide bonds. The van der Waals surface area contributed by atoms with Gasteiger partial charge >= 0.3 is 0 Å². The molecule has 0 radical (unpaired) electrons. The number of benzene rings is 2. The van der Waals surface area contributed by atoms with Gasteiger partial charge in [-0.3, -0.25) is 0 Å². The zero-order valence-electron chi connectivity index (χ0n) is 12.1. The number of rotatable bonds is 5. The molecule has 1 N–H and O–H groups in total. The van der Waals surface area contributed by atoms with Crippen molar-refractivity contribution in [1.82, 2.24) is 5.32 Å². The second-order valence-electron chi connectivity index (χ2n) is 5.17. The highest BCUT2D eigenvalue weighted by Crippen LogP contribution is 2.23. The summed E-state index contributed by atoms with van der Waals surface area (Å²) in [5.41, 5.74) is 5.25. The molecule has 0 heterocycles. The standard InChI is InChI=1S/C18H23N/c1-4-11-19-15(3)16-8-6-10-18(13-16)17-9-5-7-14(2)12-17/h5-10,12-13,15,19H,4,11H2,1-3H3. The molecule has 0 aliphatic carbocycles. The SMILES string of the molecule is CCCNC(C)c1cccc(-c2cccc(C)c2)c1. The summed E-state index contributed by atoms with van der Waals surface area (Å²) in [5, 5.41) is 3.54. The quantitative estimate of drug-likeness (QED) is 0.812. The molecule has 0 fully saturated rings. The Hall–Kier alpha value is -1.60. The van der Waals surface area contributed by atoms with Crippen LogP contribution in [-0.2, 0) is 0 Å². The minimum absolute atomic E-state index is 0.407. The second-order valence-corrected chi connectivity index (χ2v) is 5.17. The van der Waals surface area contributed by atoms with Crippen LogP contribution in [0.15, 0.2) is 48.5 Å². The van der Waals surface area contributed by atoms with Gasteiger partial charge in [-0.2, -0.15) is 0 Å². The summed E-state index contributed by atoms with van der Waals surface area (Å²) in [6.07, 6.45) is 1.17. The van der Waals surface area contributed by atoms with Crippen LogP contribution in [0.2, 0.25) is 0 Å². The van der Waals surface area contributed by atoms with Crippen LogP contribution in [-0.4, -0.2) is 6.54 Å². The Morgan fingerprint density at radius 3 is 2.37 bits per heavy atom. The lowest BCUT2D eigenvalue weighted by Gasteiger charge is -2.15. The summed E-state index contributed by atoms with van der Waals surface area (Å²) < 4.78 is 0. The van der Waals surface area contributed by atoms with E-state index in [1.54, 1.807) is 0 Å². The van der Waals surface area contributed by atoms with Gasteiger partial charge in [0, 0.05) is 6.04 Å². The van der Waals surface area contributed by atoms with E-state index in [4.69, 9.17) is 0 Å². The van der Waals surface area contributed by atoms with Crippen molar-refractivity contribution in [3.63, 3.8) is 0 Å². The Kier molecular flexibility index (Phi) is 4.75. The first-order chi connectivity index (χ1) is 9.20. The molecule has 1 heteroatoms. The average Bonchev–Trinajstić information content (AvgIpc) is 2.45. The maximum Gasteiger partial charge on any atom is 0.0292 e. The van der Waals surface area contributed by atoms with Gasteiger partial charge in [0.15, 0.2) is 0 Å². The summed E-state index contributed by atoms with van der Waals surface area (Å²) in [4.78, 5) is 0. The predicted molar refractivity (Wildman–Crippen MR) is 83.3 cm³/mol. The van der Waals surface area contributed by atoms with E-state index in [9.17, 15) is 0 Å². The molecule has 100 valence electrons. The zero-order chi connectivity index (χ0) is 13.7. The minimum Gasteiger partial charge on any atom is -0.310 e. The van der Waals surface area contributed by atoms with Gasteiger partial charge in [0.05, 0.1) is 0 Å². The molecule has 1 nitrogen and oxygen atoms in total. The Morgan fingerprint density at radius 2 is 1.68 bits per heavy atom. The highest BCUT2D eigenvalue weighted by Gasteiger charge is 2.05. The third-order valence-corrected chi connectivity index (χ3v) is 3.44. The fourth-order valence-corrected chi connectivity index (χ4v) is 2.29. The molecule has 0 aliphatic rings. The molecule has 2 aromatic rings. The van der Waals surface area contributed by atoms with Crippen LogP contribution in [0.4, 0.5) is 0 Å². The number of nitrogens with one attached hydrogen (secondary N) is 1. The van der Waals surface area contributed by atoms with Crippen LogP contribution in [0.3, 0.4) is 0 Å². The normalized spacial score (nSPS) is 12.4. The largest absolute Gasteiger partial charge is 0.310 e. The fraction of sp³-hybridized carbons (Fsp3) is 0.333. The van der Waals surface area contributed by atoms with Crippen LogP contribution in [0.25, 0.3) is 11.1 Å². The maximum atomic E-state index is 3.54. The maximum absolute atomic E-state index is 3.54. The lowest BCUT2D eigenvalue weighted by Crippen LogP contribution is -2.19. The van der Waals surface area contributed by atoms with Crippen LogP contribution in [0, 0.1) is 6.92 Å². The van der Waals surface area contributed by atoms with Crippen molar-refractivity contribution in [3.8, 4) is 11.1 Å². The van der Waals surface area contributed by atoms with E-state index >= 15 is 0 Å². The molecule has 1 unspecified atom stereocenters. The topological polar surface area (TPSA) is 12.0 Å². The van der Waals surface area contributed by atoms with Crippen molar-refractivity contribution < 1.29 is 0 Å².